The predicted octanol–water partition coefficient (Wildman–Crippen LogP) is 35.2. The number of rotatable bonds is 11. The molecule has 0 bridgehead atoms. The Kier molecular flexibility index (Phi) is 58.1. The lowest BCUT2D eigenvalue weighted by molar-refractivity contribution is 0.110. The second-order valence-electron chi connectivity index (χ2n) is 49.6. The van der Waals surface area contributed by atoms with Crippen molar-refractivity contribution >= 4 is 11.6 Å². The molecule has 0 radical (unpaired) electrons. The van der Waals surface area contributed by atoms with E-state index in [2.05, 4.69) is 402 Å². The van der Waals surface area contributed by atoms with Gasteiger partial charge in [0.15, 0.2) is 0 Å². The molecule has 0 aliphatic carbocycles. The van der Waals surface area contributed by atoms with Crippen LogP contribution in [0.2, 0.25) is 5.02 Å². The lowest BCUT2D eigenvalue weighted by Crippen LogP contribution is -2.44. The van der Waals surface area contributed by atoms with Gasteiger partial charge in [-0.3, -0.25) is 24.5 Å². The third-order valence-electron chi connectivity index (χ3n) is 23.3. The van der Waals surface area contributed by atoms with E-state index in [-0.39, 0.29) is 24.2 Å². The number of aryl methyl sites for hydroxylation is 4. The summed E-state index contributed by atoms with van der Waals surface area (Å²) < 4.78 is 17.8. The summed E-state index contributed by atoms with van der Waals surface area (Å²) in [6, 6.07) is 60.0. The maximum atomic E-state index is 12.7. The van der Waals surface area contributed by atoms with Gasteiger partial charge in [0, 0.05) is 39.3 Å². The number of likely N-dealkylation sites (tertiary alicyclic amines) is 4. The van der Waals surface area contributed by atoms with Gasteiger partial charge in [-0.2, -0.15) is 0 Å². The first-order chi connectivity index (χ1) is 59.4. The predicted molar refractivity (Wildman–Crippen MR) is 582 cm³/mol. The summed E-state index contributed by atoms with van der Waals surface area (Å²) in [6.07, 6.45) is 26.2. The average Bonchev–Trinajstić information content (AvgIpc) is 0.952. The van der Waals surface area contributed by atoms with Crippen molar-refractivity contribution in [2.45, 2.75) is 426 Å². The van der Waals surface area contributed by atoms with Crippen LogP contribution < -0.4 is 4.74 Å². The van der Waals surface area contributed by atoms with Gasteiger partial charge in [-0.1, -0.05) is 339 Å². The summed E-state index contributed by atoms with van der Waals surface area (Å²) >= 11 is 6.05. The van der Waals surface area contributed by atoms with E-state index in [0.29, 0.717) is 49.2 Å². The number of ether oxygens (including phenoxy) is 1. The molecule has 0 N–H and O–H groups in total. The molecule has 0 saturated carbocycles. The van der Waals surface area contributed by atoms with Crippen LogP contribution in [0.3, 0.4) is 0 Å². The Balaban J connectivity index is 0.00000141. The van der Waals surface area contributed by atoms with Crippen molar-refractivity contribution in [3.05, 3.63) is 242 Å². The molecule has 7 aromatic carbocycles. The summed E-state index contributed by atoms with van der Waals surface area (Å²) in [5.74, 6) is 0.786. The molecule has 8 heteroatoms. The molecule has 4 aliphatic heterocycles. The Labute approximate surface area is 812 Å². The van der Waals surface area contributed by atoms with Crippen molar-refractivity contribution < 1.29 is 9.13 Å². The zero-order valence-electron chi connectivity index (χ0n) is 91.4. The molecule has 130 heavy (non-hydrogen) atoms. The smallest absolute Gasteiger partial charge is 0.123 e. The molecule has 740 valence electrons. The molecular weight excluding hydrogens is 1610 g/mol. The van der Waals surface area contributed by atoms with Crippen molar-refractivity contribution in [3.8, 4) is 5.75 Å². The topological polar surface area (TPSA) is 25.4 Å². The van der Waals surface area contributed by atoms with Crippen LogP contribution in [0, 0.1) is 59.1 Å². The maximum absolute atomic E-state index is 12.7. The van der Waals surface area contributed by atoms with Gasteiger partial charge in [0.2, 0.25) is 0 Å². The maximum Gasteiger partial charge on any atom is 0.123 e. The summed E-state index contributed by atoms with van der Waals surface area (Å²) in [7, 11) is 1.69. The van der Waals surface area contributed by atoms with Crippen molar-refractivity contribution in [2.75, 3.05) is 66.0 Å². The lowest BCUT2D eigenvalue weighted by Gasteiger charge is -2.38. The normalized spacial score (nSPS) is 15.2. The van der Waals surface area contributed by atoms with Crippen LogP contribution in [-0.2, 0) is 45.1 Å². The minimum absolute atomic E-state index is 0. The fourth-order valence-electron chi connectivity index (χ4n) is 16.0. The van der Waals surface area contributed by atoms with Crippen LogP contribution in [0.4, 0.5) is 4.39 Å². The van der Waals surface area contributed by atoms with Gasteiger partial charge in [-0.15, -0.1) is 0 Å². The van der Waals surface area contributed by atoms with E-state index in [1.54, 1.807) is 19.2 Å². The lowest BCUT2D eigenvalue weighted by atomic mass is 9.86. The Morgan fingerprint density at radius 2 is 0.631 bits per heavy atom. The molecule has 4 fully saturated rings. The monoisotopic (exact) mass is 1810 g/mol. The van der Waals surface area contributed by atoms with Crippen molar-refractivity contribution in [1.82, 2.24) is 24.5 Å². The highest BCUT2D eigenvalue weighted by atomic mass is 35.5. The Bertz CT molecular complexity index is 3840. The Hall–Kier alpha value is -5.64. The van der Waals surface area contributed by atoms with Crippen molar-refractivity contribution in [3.63, 3.8) is 0 Å². The van der Waals surface area contributed by atoms with Gasteiger partial charge in [-0.25, -0.2) is 4.39 Å². The molecule has 4 heterocycles. The SMILES string of the molecule is C.CC(C)(C)CCc1ccccc1Cl.CC(C)(C)Cc1cccc(F)c1.CC(C)(C)N1CCCCC1.CC(C)(C)N1CCCCC1.CC(C)(C)N1CCCCC1.CC(C)(C)N1CCCCCC1.CCN(Cc1ccccc1)C(C)(C)C.COc1ccc(CC(C)(C)C)cc1.Cc1ccc(CC(C)(C)C)cc1.Cc1cccc(CC(C)(C)C)c1.Cc1ccccc1CC(C)(C)C. The van der Waals surface area contributed by atoms with E-state index in [1.807, 2.05) is 36.4 Å². The standard InChI is InChI=1S/C13H21N.C12H17Cl.C12H18O.3C12H18.C11H15F.C10H21N.3C9H19N.CH4/c1-5-14(13(2,3)4)11-12-9-7-6-8-10-12;1-12(2,3)9-8-10-6-4-5-7-11(10)13;1-12(2,3)9-10-5-7-11(13-4)8-6-10;1-10-5-7-11(8-6-10)9-12(2,3)4;1-10-6-5-7-11(8-10)9-12(2,3)4;1-10-7-5-6-8-11(10)9-12(2,3)4;1-11(2,3)8-9-5-4-6-10(12)7-9;1-10(2,3)11-8-6-4-5-7-9-11;3*1-9(2,3)10-7-5-4-6-8-10;/h6-10H,5,11H2,1-4H3;4-7H,8-9H2,1-3H3;5-8H,9H2,1-4H3;3*5-8H,9H2,1-4H3;4-7H,8H2,1-3H3;4-9H2,1-3H3;3*4-8H2,1-3H3;1H4. The Morgan fingerprint density at radius 3 is 0.946 bits per heavy atom. The first-order valence-electron chi connectivity index (χ1n) is 50.4. The van der Waals surface area contributed by atoms with Crippen LogP contribution in [0.1, 0.15) is 388 Å². The molecule has 6 nitrogen and oxygen atoms in total. The van der Waals surface area contributed by atoms with E-state index >= 15 is 0 Å². The molecule has 0 unspecified atom stereocenters. The summed E-state index contributed by atoms with van der Waals surface area (Å²) in [5, 5.41) is 0.895. The summed E-state index contributed by atoms with van der Waals surface area (Å²) in [5.41, 5.74) is 17.6. The molecule has 4 aliphatic rings. The molecule has 0 atom stereocenters. The van der Waals surface area contributed by atoms with Gasteiger partial charge in [0.25, 0.3) is 0 Å². The zero-order chi connectivity index (χ0) is 98.3. The van der Waals surface area contributed by atoms with Gasteiger partial charge < -0.3 is 4.74 Å². The number of hydrogen-bond donors (Lipinski definition) is 0. The van der Waals surface area contributed by atoms with Crippen LogP contribution in [0.25, 0.3) is 0 Å². The third-order valence-corrected chi connectivity index (χ3v) is 23.7. The van der Waals surface area contributed by atoms with Gasteiger partial charge in [0.1, 0.15) is 11.6 Å². The Morgan fingerprint density at radius 1 is 0.315 bits per heavy atom. The highest BCUT2D eigenvalue weighted by molar-refractivity contribution is 6.31. The highest BCUT2D eigenvalue weighted by Crippen LogP contribution is 2.30. The fourth-order valence-corrected chi connectivity index (χ4v) is 16.3. The quantitative estimate of drug-likeness (QED) is 0.128. The van der Waals surface area contributed by atoms with E-state index in [9.17, 15) is 4.39 Å². The number of halogens is 2. The summed E-state index contributed by atoms with van der Waals surface area (Å²) in [6.45, 7) is 96.2. The van der Waals surface area contributed by atoms with Crippen LogP contribution >= 0.6 is 11.6 Å². The molecule has 4 saturated heterocycles. The van der Waals surface area contributed by atoms with Crippen LogP contribution in [-0.4, -0.2) is 118 Å². The van der Waals surface area contributed by atoms with E-state index in [1.165, 1.54) is 205 Å². The first kappa shape index (κ1) is 124. The average molecular weight is 1810 g/mol. The fraction of sp³-hybridized carbons (Fsp3) is 0.656. The highest BCUT2D eigenvalue weighted by Gasteiger charge is 2.27. The summed E-state index contributed by atoms with van der Waals surface area (Å²) in [4.78, 5) is 12.8. The van der Waals surface area contributed by atoms with E-state index in [0.717, 1.165) is 61.5 Å². The molecule has 0 aromatic heterocycles. The van der Waals surface area contributed by atoms with E-state index in [4.69, 9.17) is 16.3 Å². The van der Waals surface area contributed by atoms with Crippen molar-refractivity contribution in [2.24, 2.45) is 32.5 Å². The number of nitrogens with zero attached hydrogens (tertiary/aromatic N) is 5. The molecule has 0 spiro atoms. The van der Waals surface area contributed by atoms with Gasteiger partial charge in [0.05, 0.1) is 7.11 Å². The van der Waals surface area contributed by atoms with Gasteiger partial charge >= 0.3 is 0 Å². The number of methoxy groups -OCH3 is 1. The minimum Gasteiger partial charge on any atom is -0.497 e. The number of benzene rings is 7. The minimum atomic E-state index is -0.142. The van der Waals surface area contributed by atoms with Crippen LogP contribution in [0.5, 0.6) is 5.75 Å². The zero-order valence-corrected chi connectivity index (χ0v) is 92.1. The molecule has 0 amide bonds. The first-order valence-corrected chi connectivity index (χ1v) is 50.8. The van der Waals surface area contributed by atoms with Crippen LogP contribution in [0.15, 0.2) is 176 Å². The molecule has 7 aromatic rings. The second kappa shape index (κ2) is 60.8. The van der Waals surface area contributed by atoms with E-state index < -0.39 is 0 Å². The molecule has 11 rings (SSSR count). The second-order valence-corrected chi connectivity index (χ2v) is 50.0. The third kappa shape index (κ3) is 65.1. The molecular formula is C122H207ClFN5O. The van der Waals surface area contributed by atoms with Gasteiger partial charge in [-0.05, 0) is 387 Å². The number of hydrogen-bond acceptors (Lipinski definition) is 6. The largest absolute Gasteiger partial charge is 0.497 e. The number of piperidine rings is 3. The van der Waals surface area contributed by atoms with Crippen molar-refractivity contribution in [1.29, 1.82) is 0 Å².